The first-order valence-electron chi connectivity index (χ1n) is 6.20. The molecule has 0 aromatic heterocycles. The lowest BCUT2D eigenvalue weighted by Gasteiger charge is -2.04. The van der Waals surface area contributed by atoms with Crippen molar-refractivity contribution in [1.29, 1.82) is 0 Å². The molecule has 0 atom stereocenters. The van der Waals surface area contributed by atoms with Gasteiger partial charge in [0, 0.05) is 17.3 Å². The fraction of sp³-hybridized carbons (Fsp3) is 0.600. The van der Waals surface area contributed by atoms with E-state index >= 15 is 0 Å². The van der Waals surface area contributed by atoms with Gasteiger partial charge >= 0.3 is 11.9 Å². The molecular weight excluding hydrogens is 276 g/mol. The van der Waals surface area contributed by atoms with Gasteiger partial charge in [0.1, 0.15) is 0 Å². The third-order valence-electron chi connectivity index (χ3n) is 0.730. The predicted molar refractivity (Wildman–Crippen MR) is 84.2 cm³/mol. The summed E-state index contributed by atoms with van der Waals surface area (Å²) in [5.74, 6) is -1.87. The molecule has 6 heteroatoms. The van der Waals surface area contributed by atoms with E-state index in [0.717, 1.165) is 0 Å². The normalized spacial score (nSPS) is 8.86. The van der Waals surface area contributed by atoms with Gasteiger partial charge in [0.25, 0.3) is 0 Å². The van der Waals surface area contributed by atoms with Crippen LogP contribution in [0.25, 0.3) is 0 Å². The minimum atomic E-state index is -0.935. The summed E-state index contributed by atoms with van der Waals surface area (Å²) in [6.07, 6.45) is -0.167. The monoisotopic (exact) mass is 306 g/mol. The molecule has 126 valence electrons. The number of aliphatic hydroxyl groups is 2. The first-order chi connectivity index (χ1) is 9.02. The zero-order chi connectivity index (χ0) is 18.4. The zero-order valence-corrected chi connectivity index (χ0v) is 14.1. The van der Waals surface area contributed by atoms with Gasteiger partial charge < -0.3 is 20.4 Å². The van der Waals surface area contributed by atoms with Gasteiger partial charge in [-0.2, -0.15) is 0 Å². The summed E-state index contributed by atoms with van der Waals surface area (Å²) in [6.45, 7) is 17.9. The standard InChI is InChI=1S/2C4H6O2.C4H10O.C3H8O/c2*1-3(2)4(5)6;1-4(2,3)5;1-3(2)4/h2*1H2,2H3,(H,5,6);5H,1-3H3;3-4H,1-2H3. The number of aliphatic hydroxyl groups excluding tert-OH is 1. The molecule has 0 aromatic carbocycles. The Balaban J connectivity index is -0.0000000929. The molecule has 0 aromatic rings. The second kappa shape index (κ2) is 14.7. The summed E-state index contributed by atoms with van der Waals surface area (Å²) in [4.78, 5) is 19.2. The van der Waals surface area contributed by atoms with Crippen molar-refractivity contribution in [3.05, 3.63) is 24.3 Å². The number of carbonyl (C=O) groups is 2. The van der Waals surface area contributed by atoms with Crippen LogP contribution in [0.5, 0.6) is 0 Å². The molecule has 0 spiro atoms. The Hall–Kier alpha value is -1.66. The highest BCUT2D eigenvalue weighted by molar-refractivity contribution is 5.85. The first-order valence-corrected chi connectivity index (χ1v) is 6.20. The summed E-state index contributed by atoms with van der Waals surface area (Å²) in [6, 6.07) is 0. The van der Waals surface area contributed by atoms with Crippen molar-refractivity contribution in [2.75, 3.05) is 0 Å². The highest BCUT2D eigenvalue weighted by atomic mass is 16.4. The van der Waals surface area contributed by atoms with E-state index in [2.05, 4.69) is 13.2 Å². The topological polar surface area (TPSA) is 115 Å². The minimum absolute atomic E-state index is 0.167. The first kappa shape index (κ1) is 27.6. The summed E-state index contributed by atoms with van der Waals surface area (Å²) in [5, 5.41) is 32.4. The van der Waals surface area contributed by atoms with Crippen molar-refractivity contribution in [3.8, 4) is 0 Å². The number of carboxylic acids is 2. The fourth-order valence-electron chi connectivity index (χ4n) is 0. The number of aliphatic carboxylic acids is 2. The van der Waals surface area contributed by atoms with Crippen molar-refractivity contribution < 1.29 is 30.0 Å². The Morgan fingerprint density at radius 3 is 0.952 bits per heavy atom. The molecule has 0 fully saturated rings. The molecule has 0 heterocycles. The van der Waals surface area contributed by atoms with Gasteiger partial charge in [0.2, 0.25) is 0 Å². The van der Waals surface area contributed by atoms with Gasteiger partial charge in [-0.3, -0.25) is 0 Å². The lowest BCUT2D eigenvalue weighted by molar-refractivity contribution is -0.133. The average molecular weight is 306 g/mol. The van der Waals surface area contributed by atoms with Gasteiger partial charge in [0.15, 0.2) is 0 Å². The molecule has 0 unspecified atom stereocenters. The molecular formula is C15H30O6. The molecule has 0 saturated heterocycles. The van der Waals surface area contributed by atoms with Gasteiger partial charge in [-0.1, -0.05) is 13.2 Å². The van der Waals surface area contributed by atoms with E-state index in [-0.39, 0.29) is 17.3 Å². The molecule has 0 rings (SSSR count). The maximum absolute atomic E-state index is 9.60. The van der Waals surface area contributed by atoms with Crippen LogP contribution in [0, 0.1) is 0 Å². The van der Waals surface area contributed by atoms with Gasteiger partial charge in [0.05, 0.1) is 5.60 Å². The van der Waals surface area contributed by atoms with E-state index in [4.69, 9.17) is 20.4 Å². The third-order valence-corrected chi connectivity index (χ3v) is 0.730. The largest absolute Gasteiger partial charge is 0.478 e. The van der Waals surface area contributed by atoms with Crippen LogP contribution in [0.3, 0.4) is 0 Å². The molecule has 0 aliphatic rings. The van der Waals surface area contributed by atoms with E-state index < -0.39 is 17.5 Å². The van der Waals surface area contributed by atoms with Crippen molar-refractivity contribution in [2.24, 2.45) is 0 Å². The van der Waals surface area contributed by atoms with E-state index in [9.17, 15) is 9.59 Å². The van der Waals surface area contributed by atoms with Gasteiger partial charge in [-0.25, -0.2) is 9.59 Å². The van der Waals surface area contributed by atoms with Gasteiger partial charge in [-0.05, 0) is 48.5 Å². The molecule has 0 saturated carbocycles. The number of carboxylic acid groups (broad SMARTS) is 2. The summed E-state index contributed by atoms with van der Waals surface area (Å²) in [5.41, 5.74) is -0.148. The maximum atomic E-state index is 9.60. The molecule has 0 radical (unpaired) electrons. The molecule has 0 aliphatic heterocycles. The van der Waals surface area contributed by atoms with Crippen LogP contribution in [-0.4, -0.2) is 44.1 Å². The second-order valence-corrected chi connectivity index (χ2v) is 5.44. The molecule has 0 amide bonds. The van der Waals surface area contributed by atoms with Crippen molar-refractivity contribution >= 4 is 11.9 Å². The van der Waals surface area contributed by atoms with Crippen LogP contribution in [0.15, 0.2) is 24.3 Å². The summed E-state index contributed by atoms with van der Waals surface area (Å²) < 4.78 is 0. The Kier molecular flexibility index (Phi) is 19.4. The van der Waals surface area contributed by atoms with Gasteiger partial charge in [-0.15, -0.1) is 0 Å². The Morgan fingerprint density at radius 1 is 0.905 bits per heavy atom. The summed E-state index contributed by atoms with van der Waals surface area (Å²) in [7, 11) is 0. The number of rotatable bonds is 2. The lowest BCUT2D eigenvalue weighted by atomic mass is 10.2. The number of hydrogen-bond acceptors (Lipinski definition) is 4. The van der Waals surface area contributed by atoms with Crippen LogP contribution in [-0.2, 0) is 9.59 Å². The molecule has 4 N–H and O–H groups in total. The highest BCUT2D eigenvalue weighted by Crippen LogP contribution is 1.93. The Morgan fingerprint density at radius 2 is 0.952 bits per heavy atom. The van der Waals surface area contributed by atoms with E-state index in [0.29, 0.717) is 0 Å². The maximum Gasteiger partial charge on any atom is 0.330 e. The molecule has 0 aliphatic carbocycles. The molecule has 21 heavy (non-hydrogen) atoms. The zero-order valence-electron chi connectivity index (χ0n) is 14.1. The van der Waals surface area contributed by atoms with Crippen LogP contribution < -0.4 is 0 Å². The summed E-state index contributed by atoms with van der Waals surface area (Å²) >= 11 is 0. The van der Waals surface area contributed by atoms with Crippen LogP contribution in [0.2, 0.25) is 0 Å². The van der Waals surface area contributed by atoms with E-state index in [1.165, 1.54) is 13.8 Å². The minimum Gasteiger partial charge on any atom is -0.478 e. The van der Waals surface area contributed by atoms with E-state index in [1.807, 2.05) is 0 Å². The highest BCUT2D eigenvalue weighted by Gasteiger charge is 1.97. The van der Waals surface area contributed by atoms with Crippen LogP contribution >= 0.6 is 0 Å². The van der Waals surface area contributed by atoms with Crippen LogP contribution in [0.1, 0.15) is 48.5 Å². The predicted octanol–water partition coefficient (Wildman–Crippen LogP) is 2.46. The molecule has 0 bridgehead atoms. The van der Waals surface area contributed by atoms with Crippen LogP contribution in [0.4, 0.5) is 0 Å². The number of hydrogen-bond donors (Lipinski definition) is 4. The quantitative estimate of drug-likeness (QED) is 0.582. The Labute approximate surface area is 127 Å². The third kappa shape index (κ3) is 122. The molecule has 6 nitrogen and oxygen atoms in total. The lowest BCUT2D eigenvalue weighted by Crippen LogP contribution is -2.10. The van der Waals surface area contributed by atoms with Crippen molar-refractivity contribution in [1.82, 2.24) is 0 Å². The second-order valence-electron chi connectivity index (χ2n) is 5.44. The SMILES string of the molecule is C=C(C)C(=O)O.C=C(C)C(=O)O.CC(C)(C)O.CC(C)O. The smallest absolute Gasteiger partial charge is 0.330 e. The van der Waals surface area contributed by atoms with E-state index in [1.54, 1.807) is 34.6 Å². The Bertz CT molecular complexity index is 267. The average Bonchev–Trinajstić information content (AvgIpc) is 2.14. The van der Waals surface area contributed by atoms with Crippen molar-refractivity contribution in [2.45, 2.75) is 60.2 Å². The van der Waals surface area contributed by atoms with Crippen molar-refractivity contribution in [3.63, 3.8) is 0 Å². The fourth-order valence-corrected chi connectivity index (χ4v) is 0.